The fourth-order valence-electron chi connectivity index (χ4n) is 2.18. The summed E-state index contributed by atoms with van der Waals surface area (Å²) in [7, 11) is 1.83. The second-order valence-electron chi connectivity index (χ2n) is 4.63. The van der Waals surface area contributed by atoms with Gasteiger partial charge < -0.3 is 10.0 Å². The number of hydrogen-bond acceptors (Lipinski definition) is 4. The third kappa shape index (κ3) is 2.59. The van der Waals surface area contributed by atoms with Crippen LogP contribution in [0.15, 0.2) is 35.8 Å². The molecule has 21 heavy (non-hydrogen) atoms. The average Bonchev–Trinajstić information content (AvgIpc) is 3.00. The molecule has 2 heterocycles. The molecule has 0 unspecified atom stereocenters. The number of rotatable bonds is 4. The molecule has 0 amide bonds. The Morgan fingerprint density at radius 3 is 2.81 bits per heavy atom. The molecule has 0 radical (unpaired) electrons. The number of aromatic nitrogens is 2. The monoisotopic (exact) mass is 321 g/mol. The third-order valence-corrected chi connectivity index (χ3v) is 4.15. The fourth-order valence-corrected chi connectivity index (χ4v) is 3.01. The van der Waals surface area contributed by atoms with Gasteiger partial charge in [0.15, 0.2) is 16.5 Å². The molecule has 2 aromatic heterocycles. The summed E-state index contributed by atoms with van der Waals surface area (Å²) in [6.07, 6.45) is 1.72. The van der Waals surface area contributed by atoms with Crippen LogP contribution in [0.2, 0.25) is 5.02 Å². The van der Waals surface area contributed by atoms with E-state index >= 15 is 0 Å². The lowest BCUT2D eigenvalue weighted by Crippen LogP contribution is -2.20. The van der Waals surface area contributed by atoms with Gasteiger partial charge in [0.05, 0.1) is 0 Å². The first-order valence-corrected chi connectivity index (χ1v) is 7.46. The summed E-state index contributed by atoms with van der Waals surface area (Å²) in [4.78, 5) is 18.4. The summed E-state index contributed by atoms with van der Waals surface area (Å²) < 4.78 is 1.60. The number of anilines is 1. The Morgan fingerprint density at radius 2 is 2.14 bits per heavy atom. The molecule has 7 heteroatoms. The Hall–Kier alpha value is -2.05. The summed E-state index contributed by atoms with van der Waals surface area (Å²) in [5.41, 5.74) is 1.22. The van der Waals surface area contributed by atoms with Crippen molar-refractivity contribution in [3.8, 4) is 0 Å². The van der Waals surface area contributed by atoms with Gasteiger partial charge in [0.2, 0.25) is 0 Å². The number of benzene rings is 1. The number of aromatic carboxylic acids is 1. The largest absolute Gasteiger partial charge is 0.476 e. The Morgan fingerprint density at radius 1 is 1.43 bits per heavy atom. The lowest BCUT2D eigenvalue weighted by molar-refractivity contribution is 0.0690. The van der Waals surface area contributed by atoms with Gasteiger partial charge in [-0.3, -0.25) is 4.40 Å². The van der Waals surface area contributed by atoms with Gasteiger partial charge >= 0.3 is 5.97 Å². The minimum absolute atomic E-state index is 0.183. The maximum Gasteiger partial charge on any atom is 0.356 e. The lowest BCUT2D eigenvalue weighted by atomic mass is 10.2. The minimum atomic E-state index is -0.987. The smallest absolute Gasteiger partial charge is 0.356 e. The molecular formula is C14H12ClN3O2S. The van der Waals surface area contributed by atoms with E-state index in [0.717, 1.165) is 5.56 Å². The third-order valence-electron chi connectivity index (χ3n) is 3.14. The topological polar surface area (TPSA) is 57.8 Å². The molecule has 0 aliphatic carbocycles. The van der Waals surface area contributed by atoms with Crippen molar-refractivity contribution in [2.24, 2.45) is 0 Å². The predicted molar refractivity (Wildman–Crippen MR) is 83.6 cm³/mol. The van der Waals surface area contributed by atoms with Gasteiger partial charge in [-0.25, -0.2) is 9.78 Å². The van der Waals surface area contributed by atoms with Crippen LogP contribution >= 0.6 is 22.9 Å². The Balaban J connectivity index is 1.95. The van der Waals surface area contributed by atoms with Crippen molar-refractivity contribution in [1.82, 2.24) is 9.38 Å². The molecule has 0 spiro atoms. The van der Waals surface area contributed by atoms with Gasteiger partial charge in [0.25, 0.3) is 0 Å². The second-order valence-corrected chi connectivity index (χ2v) is 5.94. The first-order chi connectivity index (χ1) is 10.1. The van der Waals surface area contributed by atoms with Crippen LogP contribution in [0.25, 0.3) is 4.96 Å². The van der Waals surface area contributed by atoms with Gasteiger partial charge in [0, 0.05) is 30.2 Å². The zero-order chi connectivity index (χ0) is 15.0. The molecule has 108 valence electrons. The van der Waals surface area contributed by atoms with E-state index in [4.69, 9.17) is 11.6 Å². The van der Waals surface area contributed by atoms with Gasteiger partial charge in [-0.15, -0.1) is 11.3 Å². The number of hydrogen-bond donors (Lipinski definition) is 1. The summed E-state index contributed by atoms with van der Waals surface area (Å²) in [6.45, 7) is 0.558. The van der Waals surface area contributed by atoms with E-state index < -0.39 is 5.97 Å². The fraction of sp³-hybridized carbons (Fsp3) is 0.143. The molecular weight excluding hydrogens is 310 g/mol. The standard InChI is InChI=1S/C14H12ClN3O2S/c1-17(8-9-2-4-10(15)5-3-9)12-11(13(19)20)18-6-7-21-14(18)16-12/h2-7H,8H2,1H3,(H,19,20). The number of thiazole rings is 1. The molecule has 3 aromatic rings. The van der Waals surface area contributed by atoms with Crippen LogP contribution in [-0.4, -0.2) is 27.5 Å². The summed E-state index contributed by atoms with van der Waals surface area (Å²) in [5.74, 6) is -0.525. The molecule has 0 fully saturated rings. The van der Waals surface area contributed by atoms with Crippen LogP contribution < -0.4 is 4.90 Å². The van der Waals surface area contributed by atoms with E-state index in [1.165, 1.54) is 11.3 Å². The number of halogens is 1. The SMILES string of the molecule is CN(Cc1ccc(Cl)cc1)c1nc2sccn2c1C(=O)O. The van der Waals surface area contributed by atoms with Crippen molar-refractivity contribution < 1.29 is 9.90 Å². The van der Waals surface area contributed by atoms with Crippen molar-refractivity contribution in [3.63, 3.8) is 0 Å². The quantitative estimate of drug-likeness (QED) is 0.800. The normalized spacial score (nSPS) is 11.0. The van der Waals surface area contributed by atoms with Gasteiger partial charge in [0.1, 0.15) is 0 Å². The first-order valence-electron chi connectivity index (χ1n) is 6.20. The Labute approximate surface area is 130 Å². The van der Waals surface area contributed by atoms with Gasteiger partial charge in [-0.2, -0.15) is 0 Å². The van der Waals surface area contributed by atoms with Crippen LogP contribution in [0, 0.1) is 0 Å². The maximum atomic E-state index is 11.5. The Kier molecular flexibility index (Phi) is 3.57. The summed E-state index contributed by atoms with van der Waals surface area (Å²) >= 11 is 7.27. The lowest BCUT2D eigenvalue weighted by Gasteiger charge is -2.17. The molecule has 5 nitrogen and oxygen atoms in total. The molecule has 0 aliphatic rings. The van der Waals surface area contributed by atoms with E-state index in [9.17, 15) is 9.90 Å². The molecule has 3 rings (SSSR count). The zero-order valence-electron chi connectivity index (χ0n) is 11.2. The van der Waals surface area contributed by atoms with E-state index in [2.05, 4.69) is 4.98 Å². The van der Waals surface area contributed by atoms with Crippen molar-refractivity contribution in [2.75, 3.05) is 11.9 Å². The molecule has 0 bridgehead atoms. The van der Waals surface area contributed by atoms with Crippen molar-refractivity contribution in [2.45, 2.75) is 6.54 Å². The highest BCUT2D eigenvalue weighted by Crippen LogP contribution is 2.25. The maximum absolute atomic E-state index is 11.5. The van der Waals surface area contributed by atoms with E-state index in [1.54, 1.807) is 10.6 Å². The number of carboxylic acid groups (broad SMARTS) is 1. The van der Waals surface area contributed by atoms with E-state index in [-0.39, 0.29) is 5.69 Å². The van der Waals surface area contributed by atoms with Crippen LogP contribution in [0.3, 0.4) is 0 Å². The molecule has 0 saturated heterocycles. The number of fused-ring (bicyclic) bond motifs is 1. The molecule has 1 N–H and O–H groups in total. The average molecular weight is 322 g/mol. The minimum Gasteiger partial charge on any atom is -0.476 e. The number of carboxylic acids is 1. The first kappa shape index (κ1) is 13.9. The summed E-state index contributed by atoms with van der Waals surface area (Å²) in [5, 5.41) is 11.9. The highest BCUT2D eigenvalue weighted by molar-refractivity contribution is 7.15. The highest BCUT2D eigenvalue weighted by Gasteiger charge is 2.22. The van der Waals surface area contributed by atoms with E-state index in [0.29, 0.717) is 22.3 Å². The van der Waals surface area contributed by atoms with Crippen LogP contribution in [0.4, 0.5) is 5.82 Å². The molecule has 0 atom stereocenters. The zero-order valence-corrected chi connectivity index (χ0v) is 12.7. The van der Waals surface area contributed by atoms with Gasteiger partial charge in [-0.05, 0) is 17.7 Å². The molecule has 0 saturated carbocycles. The van der Waals surface area contributed by atoms with E-state index in [1.807, 2.05) is 41.6 Å². The van der Waals surface area contributed by atoms with Gasteiger partial charge in [-0.1, -0.05) is 23.7 Å². The second kappa shape index (κ2) is 5.38. The molecule has 0 aliphatic heterocycles. The van der Waals surface area contributed by atoms with Crippen molar-refractivity contribution in [1.29, 1.82) is 0 Å². The summed E-state index contributed by atoms with van der Waals surface area (Å²) in [6, 6.07) is 7.46. The highest BCUT2D eigenvalue weighted by atomic mass is 35.5. The number of imidazole rings is 1. The van der Waals surface area contributed by atoms with Crippen molar-refractivity contribution >= 4 is 39.7 Å². The predicted octanol–water partition coefficient (Wildman–Crippen LogP) is 3.38. The van der Waals surface area contributed by atoms with Crippen molar-refractivity contribution in [3.05, 3.63) is 52.1 Å². The van der Waals surface area contributed by atoms with Crippen LogP contribution in [0.1, 0.15) is 16.1 Å². The Bertz CT molecular complexity index is 794. The van der Waals surface area contributed by atoms with Crippen LogP contribution in [0.5, 0.6) is 0 Å². The number of nitrogens with zero attached hydrogens (tertiary/aromatic N) is 3. The van der Waals surface area contributed by atoms with Crippen LogP contribution in [-0.2, 0) is 6.54 Å². The number of carbonyl (C=O) groups is 1. The molecule has 1 aromatic carbocycles.